The normalized spacial score (nSPS) is 12.5. The second-order valence-corrected chi connectivity index (χ2v) is 8.47. The molecule has 2 N–H and O–H groups in total. The first-order valence-corrected chi connectivity index (χ1v) is 8.98. The Labute approximate surface area is 163 Å². The summed E-state index contributed by atoms with van der Waals surface area (Å²) in [6.07, 6.45) is -0.629. The third kappa shape index (κ3) is 6.37. The lowest BCUT2D eigenvalue weighted by Gasteiger charge is -2.27. The van der Waals surface area contributed by atoms with Crippen molar-refractivity contribution in [2.24, 2.45) is 0 Å². The van der Waals surface area contributed by atoms with Crippen LogP contribution in [-0.2, 0) is 11.2 Å². The SMILES string of the molecule is O=C(Cc1ccccc1)N[C@@H](Nc1ccc(I)cc1)C(Cl)(Cl)Cl. The maximum Gasteiger partial charge on any atom is 0.228 e. The van der Waals surface area contributed by atoms with E-state index < -0.39 is 9.96 Å². The Kier molecular flexibility index (Phi) is 6.83. The van der Waals surface area contributed by atoms with Crippen molar-refractivity contribution in [1.82, 2.24) is 5.32 Å². The molecule has 2 aromatic rings. The summed E-state index contributed by atoms with van der Waals surface area (Å²) in [6, 6.07) is 16.9. The smallest absolute Gasteiger partial charge is 0.228 e. The van der Waals surface area contributed by atoms with Crippen LogP contribution in [0.2, 0.25) is 0 Å². The molecule has 0 bridgehead atoms. The van der Waals surface area contributed by atoms with Gasteiger partial charge in [0.25, 0.3) is 0 Å². The van der Waals surface area contributed by atoms with Gasteiger partial charge in [-0.1, -0.05) is 65.1 Å². The van der Waals surface area contributed by atoms with E-state index in [-0.39, 0.29) is 12.3 Å². The minimum absolute atomic E-state index is 0.215. The van der Waals surface area contributed by atoms with Crippen molar-refractivity contribution in [2.75, 3.05) is 5.32 Å². The molecule has 0 aliphatic heterocycles. The molecule has 2 aromatic carbocycles. The first-order valence-electron chi connectivity index (χ1n) is 6.77. The Morgan fingerprint density at radius 2 is 1.65 bits per heavy atom. The molecular formula is C16H14Cl3IN2O. The summed E-state index contributed by atoms with van der Waals surface area (Å²) in [6.45, 7) is 0. The number of hydrogen-bond donors (Lipinski definition) is 2. The fourth-order valence-corrected chi connectivity index (χ4v) is 2.59. The molecular weight excluding hydrogens is 469 g/mol. The predicted octanol–water partition coefficient (Wildman–Crippen LogP) is 4.76. The largest absolute Gasteiger partial charge is 0.362 e. The number of alkyl halides is 3. The van der Waals surface area contributed by atoms with Crippen molar-refractivity contribution in [2.45, 2.75) is 16.4 Å². The molecule has 3 nitrogen and oxygen atoms in total. The molecule has 2 rings (SSSR count). The Balaban J connectivity index is 2.04. The number of halogens is 4. The predicted molar refractivity (Wildman–Crippen MR) is 105 cm³/mol. The molecule has 1 amide bonds. The highest BCUT2D eigenvalue weighted by molar-refractivity contribution is 14.1. The zero-order valence-electron chi connectivity index (χ0n) is 11.9. The van der Waals surface area contributed by atoms with Gasteiger partial charge in [-0.25, -0.2) is 0 Å². The van der Waals surface area contributed by atoms with Crippen LogP contribution in [0.3, 0.4) is 0 Å². The van der Waals surface area contributed by atoms with Crippen molar-refractivity contribution in [3.05, 3.63) is 63.7 Å². The number of carbonyl (C=O) groups excluding carboxylic acids is 1. The van der Waals surface area contributed by atoms with Gasteiger partial charge in [0.1, 0.15) is 6.17 Å². The number of carbonyl (C=O) groups is 1. The fourth-order valence-electron chi connectivity index (χ4n) is 1.91. The molecule has 0 fully saturated rings. The third-order valence-electron chi connectivity index (χ3n) is 3.00. The van der Waals surface area contributed by atoms with E-state index in [4.69, 9.17) is 34.8 Å². The lowest BCUT2D eigenvalue weighted by molar-refractivity contribution is -0.120. The quantitative estimate of drug-likeness (QED) is 0.366. The number of benzene rings is 2. The van der Waals surface area contributed by atoms with Crippen molar-refractivity contribution < 1.29 is 4.79 Å². The van der Waals surface area contributed by atoms with Crippen LogP contribution >= 0.6 is 57.4 Å². The molecule has 7 heteroatoms. The van der Waals surface area contributed by atoms with Gasteiger partial charge in [0.05, 0.1) is 6.42 Å². The van der Waals surface area contributed by atoms with Crippen LogP contribution in [0, 0.1) is 3.57 Å². The molecule has 0 saturated heterocycles. The summed E-state index contributed by atoms with van der Waals surface area (Å²) in [5, 5.41) is 5.75. The van der Waals surface area contributed by atoms with E-state index in [1.54, 1.807) is 0 Å². The molecule has 0 heterocycles. The van der Waals surface area contributed by atoms with Gasteiger partial charge >= 0.3 is 0 Å². The fraction of sp³-hybridized carbons (Fsp3) is 0.188. The topological polar surface area (TPSA) is 41.1 Å². The molecule has 0 aliphatic carbocycles. The second kappa shape index (κ2) is 8.42. The summed E-state index contributed by atoms with van der Waals surface area (Å²) >= 11 is 20.1. The monoisotopic (exact) mass is 482 g/mol. The lowest BCUT2D eigenvalue weighted by atomic mass is 10.1. The van der Waals surface area contributed by atoms with E-state index in [1.807, 2.05) is 54.6 Å². The van der Waals surface area contributed by atoms with Crippen LogP contribution in [0.25, 0.3) is 0 Å². The van der Waals surface area contributed by atoms with Gasteiger partial charge in [0, 0.05) is 9.26 Å². The maximum absolute atomic E-state index is 12.2. The zero-order chi connectivity index (χ0) is 16.9. The third-order valence-corrected chi connectivity index (χ3v) is 4.37. The molecule has 0 saturated carbocycles. The van der Waals surface area contributed by atoms with Gasteiger partial charge in [-0.3, -0.25) is 4.79 Å². The van der Waals surface area contributed by atoms with Crippen LogP contribution in [0.5, 0.6) is 0 Å². The number of nitrogens with one attached hydrogen (secondary N) is 2. The second-order valence-electron chi connectivity index (χ2n) is 4.86. The molecule has 0 aliphatic rings. The minimum Gasteiger partial charge on any atom is -0.362 e. The first-order chi connectivity index (χ1) is 10.8. The summed E-state index contributed by atoms with van der Waals surface area (Å²) in [5.41, 5.74) is 1.64. The Morgan fingerprint density at radius 3 is 2.22 bits per heavy atom. The average Bonchev–Trinajstić information content (AvgIpc) is 2.49. The highest BCUT2D eigenvalue weighted by Crippen LogP contribution is 2.31. The number of anilines is 1. The first kappa shape index (κ1) is 18.6. The van der Waals surface area contributed by atoms with Crippen LogP contribution in [0.4, 0.5) is 5.69 Å². The summed E-state index contributed by atoms with van der Waals surface area (Å²) in [5.74, 6) is -0.231. The number of amides is 1. The molecule has 0 unspecified atom stereocenters. The molecule has 0 radical (unpaired) electrons. The lowest BCUT2D eigenvalue weighted by Crippen LogP contribution is -2.49. The van der Waals surface area contributed by atoms with E-state index in [9.17, 15) is 4.79 Å². The van der Waals surface area contributed by atoms with Crippen LogP contribution < -0.4 is 10.6 Å². The van der Waals surface area contributed by atoms with Crippen molar-refractivity contribution >= 4 is 69.0 Å². The maximum atomic E-state index is 12.2. The summed E-state index contributed by atoms with van der Waals surface area (Å²) in [4.78, 5) is 12.2. The van der Waals surface area contributed by atoms with Gasteiger partial charge in [0.2, 0.25) is 9.70 Å². The van der Waals surface area contributed by atoms with Crippen molar-refractivity contribution in [1.29, 1.82) is 0 Å². The van der Waals surface area contributed by atoms with Gasteiger partial charge in [-0.05, 0) is 52.4 Å². The van der Waals surface area contributed by atoms with Crippen LogP contribution in [0.15, 0.2) is 54.6 Å². The van der Waals surface area contributed by atoms with Gasteiger partial charge in [-0.15, -0.1) is 0 Å². The highest BCUT2D eigenvalue weighted by atomic mass is 127. The van der Waals surface area contributed by atoms with Crippen molar-refractivity contribution in [3.8, 4) is 0 Å². The molecule has 1 atom stereocenters. The van der Waals surface area contributed by atoms with E-state index in [0.717, 1.165) is 14.8 Å². The molecule has 23 heavy (non-hydrogen) atoms. The van der Waals surface area contributed by atoms with Gasteiger partial charge < -0.3 is 10.6 Å². The minimum atomic E-state index is -1.69. The number of hydrogen-bond acceptors (Lipinski definition) is 2. The Hall–Kier alpha value is -0.690. The van der Waals surface area contributed by atoms with Gasteiger partial charge in [-0.2, -0.15) is 0 Å². The van der Waals surface area contributed by atoms with E-state index in [0.29, 0.717) is 0 Å². The summed E-state index contributed by atoms with van der Waals surface area (Å²) in [7, 11) is 0. The van der Waals surface area contributed by atoms with Crippen LogP contribution in [0.1, 0.15) is 5.56 Å². The van der Waals surface area contributed by atoms with Gasteiger partial charge in [0.15, 0.2) is 0 Å². The molecule has 0 spiro atoms. The Bertz CT molecular complexity index is 645. The van der Waals surface area contributed by atoms with E-state index in [1.165, 1.54) is 0 Å². The van der Waals surface area contributed by atoms with Crippen molar-refractivity contribution in [3.63, 3.8) is 0 Å². The molecule has 0 aromatic heterocycles. The van der Waals surface area contributed by atoms with E-state index in [2.05, 4.69) is 33.2 Å². The standard InChI is InChI=1S/C16H14Cl3IN2O/c17-16(18,19)15(21-13-8-6-12(20)7-9-13)22-14(23)10-11-4-2-1-3-5-11/h1-9,15,21H,10H2,(H,22,23)/t15-/m1/s1. The average molecular weight is 484 g/mol. The molecule has 122 valence electrons. The van der Waals surface area contributed by atoms with Crippen LogP contribution in [-0.4, -0.2) is 15.9 Å². The highest BCUT2D eigenvalue weighted by Gasteiger charge is 2.34. The summed E-state index contributed by atoms with van der Waals surface area (Å²) < 4.78 is -0.596. The van der Waals surface area contributed by atoms with E-state index >= 15 is 0 Å². The zero-order valence-corrected chi connectivity index (χ0v) is 16.3. The Morgan fingerprint density at radius 1 is 1.04 bits per heavy atom. The number of rotatable bonds is 5.